The minimum atomic E-state index is 0.529. The van der Waals surface area contributed by atoms with E-state index in [1.165, 1.54) is 9.75 Å². The summed E-state index contributed by atoms with van der Waals surface area (Å²) in [6.45, 7) is 2.95. The summed E-state index contributed by atoms with van der Waals surface area (Å²) in [4.78, 5) is 2.61. The van der Waals surface area contributed by atoms with Gasteiger partial charge < -0.3 is 5.73 Å². The predicted molar refractivity (Wildman–Crippen MR) is 76.9 cm³/mol. The molecule has 17 heavy (non-hydrogen) atoms. The lowest BCUT2D eigenvalue weighted by Gasteiger charge is -2.06. The molecule has 1 aromatic carbocycles. The normalized spacial score (nSPS) is 12.6. The van der Waals surface area contributed by atoms with Crippen LogP contribution in [0, 0.1) is 0 Å². The van der Waals surface area contributed by atoms with Crippen molar-refractivity contribution in [2.45, 2.75) is 19.3 Å². The van der Waals surface area contributed by atoms with Crippen molar-refractivity contribution >= 4 is 22.9 Å². The fourth-order valence-electron chi connectivity index (χ4n) is 1.82. The Morgan fingerprint density at radius 1 is 1.24 bits per heavy atom. The summed E-state index contributed by atoms with van der Waals surface area (Å²) < 4.78 is 0. The van der Waals surface area contributed by atoms with Crippen molar-refractivity contribution in [1.82, 2.24) is 0 Å². The predicted octanol–water partition coefficient (Wildman–Crippen LogP) is 4.52. The second-order valence-electron chi connectivity index (χ2n) is 4.16. The minimum Gasteiger partial charge on any atom is -0.330 e. The Labute approximate surface area is 111 Å². The summed E-state index contributed by atoms with van der Waals surface area (Å²) in [5.41, 5.74) is 6.71. The molecule has 2 aromatic rings. The number of thiophene rings is 1. The van der Waals surface area contributed by atoms with Gasteiger partial charge in [-0.25, -0.2) is 0 Å². The van der Waals surface area contributed by atoms with Crippen LogP contribution in [0.1, 0.15) is 24.1 Å². The summed E-state index contributed by atoms with van der Waals surface area (Å²) in [6, 6.07) is 12.3. The molecule has 0 aliphatic heterocycles. The zero-order chi connectivity index (χ0) is 12.3. The number of hydrogen-bond donors (Lipinski definition) is 1. The van der Waals surface area contributed by atoms with Crippen molar-refractivity contribution < 1.29 is 0 Å². The van der Waals surface area contributed by atoms with Crippen molar-refractivity contribution in [3.8, 4) is 10.4 Å². The van der Waals surface area contributed by atoms with Gasteiger partial charge in [0.25, 0.3) is 0 Å². The molecule has 0 amide bonds. The van der Waals surface area contributed by atoms with E-state index in [1.807, 2.05) is 29.5 Å². The zero-order valence-corrected chi connectivity index (χ0v) is 11.4. The van der Waals surface area contributed by atoms with Crippen molar-refractivity contribution in [1.29, 1.82) is 0 Å². The van der Waals surface area contributed by atoms with E-state index in [-0.39, 0.29) is 0 Å². The van der Waals surface area contributed by atoms with Crippen LogP contribution in [0.2, 0.25) is 5.02 Å². The smallest absolute Gasteiger partial charge is 0.0492 e. The molecule has 0 saturated heterocycles. The van der Waals surface area contributed by atoms with Crippen LogP contribution >= 0.6 is 22.9 Å². The molecule has 1 heterocycles. The molecule has 1 unspecified atom stereocenters. The largest absolute Gasteiger partial charge is 0.330 e. The van der Waals surface area contributed by atoms with Gasteiger partial charge in [0.05, 0.1) is 0 Å². The van der Waals surface area contributed by atoms with Gasteiger partial charge in [0.2, 0.25) is 0 Å². The van der Waals surface area contributed by atoms with E-state index in [0.717, 1.165) is 23.6 Å². The first-order chi connectivity index (χ1) is 8.22. The van der Waals surface area contributed by atoms with Crippen LogP contribution in [0.5, 0.6) is 0 Å². The lowest BCUT2D eigenvalue weighted by atomic mass is 10.1. The highest BCUT2D eigenvalue weighted by Gasteiger charge is 2.10. The molecule has 0 radical (unpaired) electrons. The first kappa shape index (κ1) is 12.6. The lowest BCUT2D eigenvalue weighted by Crippen LogP contribution is -2.03. The molecule has 2 N–H and O–H groups in total. The number of halogens is 1. The van der Waals surface area contributed by atoms with Gasteiger partial charge in [-0.1, -0.05) is 36.7 Å². The summed E-state index contributed by atoms with van der Waals surface area (Å²) in [5, 5.41) is 0.812. The molecule has 1 aromatic heterocycles. The van der Waals surface area contributed by atoms with Crippen LogP contribution in [-0.2, 0) is 0 Å². The maximum absolute atomic E-state index is 6.20. The Hall–Kier alpha value is -0.830. The van der Waals surface area contributed by atoms with Crippen molar-refractivity contribution in [3.05, 3.63) is 46.3 Å². The van der Waals surface area contributed by atoms with Crippen molar-refractivity contribution in [3.63, 3.8) is 0 Å². The third-order valence-corrected chi connectivity index (χ3v) is 4.53. The first-order valence-corrected chi connectivity index (χ1v) is 6.96. The summed E-state index contributed by atoms with van der Waals surface area (Å²) in [6.07, 6.45) is 1.03. The zero-order valence-electron chi connectivity index (χ0n) is 9.82. The molecule has 0 aliphatic rings. The minimum absolute atomic E-state index is 0.529. The molecule has 1 nitrogen and oxygen atoms in total. The molecule has 1 atom stereocenters. The lowest BCUT2D eigenvalue weighted by molar-refractivity contribution is 0.701. The molecule has 3 heteroatoms. The van der Waals surface area contributed by atoms with E-state index >= 15 is 0 Å². The first-order valence-electron chi connectivity index (χ1n) is 5.77. The maximum Gasteiger partial charge on any atom is 0.0492 e. The van der Waals surface area contributed by atoms with E-state index in [4.69, 9.17) is 17.3 Å². The highest BCUT2D eigenvalue weighted by atomic mass is 35.5. The summed E-state index contributed by atoms with van der Waals surface area (Å²) in [5.74, 6) is 0.529. The third-order valence-electron chi connectivity index (χ3n) is 2.85. The van der Waals surface area contributed by atoms with Gasteiger partial charge in [-0.3, -0.25) is 0 Å². The quantitative estimate of drug-likeness (QED) is 0.864. The van der Waals surface area contributed by atoms with Gasteiger partial charge >= 0.3 is 0 Å². The van der Waals surface area contributed by atoms with Crippen LogP contribution < -0.4 is 5.73 Å². The number of rotatable bonds is 4. The Morgan fingerprint density at radius 2 is 2.00 bits per heavy atom. The second kappa shape index (κ2) is 5.67. The molecule has 2 rings (SSSR count). The van der Waals surface area contributed by atoms with Crippen LogP contribution in [0.15, 0.2) is 36.4 Å². The molecule has 0 bridgehead atoms. The van der Waals surface area contributed by atoms with Gasteiger partial charge in [-0.2, -0.15) is 0 Å². The number of benzene rings is 1. The highest BCUT2D eigenvalue weighted by molar-refractivity contribution is 7.15. The maximum atomic E-state index is 6.20. The summed E-state index contributed by atoms with van der Waals surface area (Å²) in [7, 11) is 0. The van der Waals surface area contributed by atoms with E-state index in [9.17, 15) is 0 Å². The average Bonchev–Trinajstić information content (AvgIpc) is 2.79. The highest BCUT2D eigenvalue weighted by Crippen LogP contribution is 2.36. The Kier molecular flexibility index (Phi) is 4.21. The second-order valence-corrected chi connectivity index (χ2v) is 5.68. The SMILES string of the molecule is CC(CCN)c1ccc(-c2ccccc2Cl)s1. The summed E-state index contributed by atoms with van der Waals surface area (Å²) >= 11 is 8.00. The molecule has 0 spiro atoms. The molecular formula is C14H16ClNS. The van der Waals surface area contributed by atoms with E-state index in [1.54, 1.807) is 0 Å². The van der Waals surface area contributed by atoms with Gasteiger partial charge in [-0.15, -0.1) is 11.3 Å². The van der Waals surface area contributed by atoms with Gasteiger partial charge in [0.1, 0.15) is 0 Å². The Bertz CT molecular complexity index is 492. The molecule has 0 saturated carbocycles. The Morgan fingerprint density at radius 3 is 2.71 bits per heavy atom. The topological polar surface area (TPSA) is 26.0 Å². The molecule has 0 aliphatic carbocycles. The van der Waals surface area contributed by atoms with Crippen LogP contribution in [-0.4, -0.2) is 6.54 Å². The van der Waals surface area contributed by atoms with E-state index in [2.05, 4.69) is 25.1 Å². The fraction of sp³-hybridized carbons (Fsp3) is 0.286. The standard InChI is InChI=1S/C14H16ClNS/c1-10(8-9-16)13-6-7-14(17-13)11-4-2-3-5-12(11)15/h2-7,10H,8-9,16H2,1H3. The van der Waals surface area contributed by atoms with Crippen molar-refractivity contribution in [2.75, 3.05) is 6.54 Å². The van der Waals surface area contributed by atoms with Crippen LogP contribution in [0.3, 0.4) is 0 Å². The molecular weight excluding hydrogens is 250 g/mol. The van der Waals surface area contributed by atoms with Gasteiger partial charge in [0, 0.05) is 20.3 Å². The van der Waals surface area contributed by atoms with Crippen LogP contribution in [0.25, 0.3) is 10.4 Å². The van der Waals surface area contributed by atoms with Crippen molar-refractivity contribution in [2.24, 2.45) is 5.73 Å². The fourth-order valence-corrected chi connectivity index (χ4v) is 3.24. The third kappa shape index (κ3) is 2.89. The average molecular weight is 266 g/mol. The number of nitrogens with two attached hydrogens (primary N) is 1. The van der Waals surface area contributed by atoms with E-state index < -0.39 is 0 Å². The van der Waals surface area contributed by atoms with E-state index in [0.29, 0.717) is 5.92 Å². The van der Waals surface area contributed by atoms with Crippen LogP contribution in [0.4, 0.5) is 0 Å². The van der Waals surface area contributed by atoms with Gasteiger partial charge in [-0.05, 0) is 37.1 Å². The van der Waals surface area contributed by atoms with Gasteiger partial charge in [0.15, 0.2) is 0 Å². The molecule has 0 fully saturated rings. The molecule has 90 valence electrons. The Balaban J connectivity index is 2.27. The monoisotopic (exact) mass is 265 g/mol. The number of hydrogen-bond acceptors (Lipinski definition) is 2.